The van der Waals surface area contributed by atoms with Gasteiger partial charge in [0.1, 0.15) is 0 Å². The number of hydrogen-bond acceptors (Lipinski definition) is 4. The van der Waals surface area contributed by atoms with Crippen LogP contribution in [0.15, 0.2) is 84.5 Å². The van der Waals surface area contributed by atoms with Crippen molar-refractivity contribution in [2.24, 2.45) is 0 Å². The summed E-state index contributed by atoms with van der Waals surface area (Å²) in [7, 11) is -2.57. The van der Waals surface area contributed by atoms with E-state index in [-0.39, 0.29) is 15.9 Å². The van der Waals surface area contributed by atoms with Crippen LogP contribution in [0.1, 0.15) is 54.9 Å². The van der Waals surface area contributed by atoms with E-state index in [2.05, 4.69) is 80.1 Å². The molecule has 2 atom stereocenters. The predicted octanol–water partition coefficient (Wildman–Crippen LogP) is 5.05. The van der Waals surface area contributed by atoms with Crippen molar-refractivity contribution >= 4 is 35.6 Å². The summed E-state index contributed by atoms with van der Waals surface area (Å²) in [5.41, 5.74) is 0.877. The third-order valence-corrected chi connectivity index (χ3v) is 12.9. The van der Waals surface area contributed by atoms with Crippen LogP contribution in [0, 0.1) is 0 Å². The molecule has 0 saturated carbocycles. The molecule has 2 aromatic rings. The number of esters is 1. The molecule has 0 spiro atoms. The molecule has 7 heteroatoms. The first kappa shape index (κ1) is 30.9. The Morgan fingerprint density at radius 1 is 0.946 bits per heavy atom. The second-order valence-electron chi connectivity index (χ2n) is 11.0. The van der Waals surface area contributed by atoms with E-state index in [1.807, 2.05) is 39.8 Å². The van der Waals surface area contributed by atoms with E-state index in [0.717, 1.165) is 5.57 Å². The molecule has 202 valence electrons. The Bertz CT molecular complexity index is 1050. The summed E-state index contributed by atoms with van der Waals surface area (Å²) in [6.07, 6.45) is 5.58. The van der Waals surface area contributed by atoms with Gasteiger partial charge in [0.05, 0.1) is 28.9 Å². The second kappa shape index (κ2) is 13.5. The quantitative estimate of drug-likeness (QED) is 0.142. The highest BCUT2D eigenvalue weighted by Gasteiger charge is 2.51. The highest BCUT2D eigenvalue weighted by molar-refractivity contribution is 7.84. The standard InChI is InChI=1S/C30H43NO4SSi/c1-24(25(21-22-28(32)34-8)16-15-23-31-36(33)29(2,3)4)35-37(30(5,6)7,26-17-11-9-12-18-26)27-19-13-10-14-20-27/h9-14,16-22,24,31H,15,23H2,1-8H3/b22-21+,25-16+/t24-,36?/m0/s1. The maximum Gasteiger partial charge on any atom is 0.330 e. The Balaban J connectivity index is 2.49. The van der Waals surface area contributed by atoms with Crippen LogP contribution in [0.3, 0.4) is 0 Å². The maximum absolute atomic E-state index is 12.4. The highest BCUT2D eigenvalue weighted by Crippen LogP contribution is 2.38. The first-order valence-corrected chi connectivity index (χ1v) is 15.8. The Hall–Kier alpha value is -2.32. The van der Waals surface area contributed by atoms with E-state index >= 15 is 0 Å². The second-order valence-corrected chi connectivity index (χ2v) is 17.4. The number of hydrogen-bond donors (Lipinski definition) is 1. The van der Waals surface area contributed by atoms with Crippen molar-refractivity contribution in [1.82, 2.24) is 4.72 Å². The van der Waals surface area contributed by atoms with E-state index in [1.165, 1.54) is 23.6 Å². The average Bonchev–Trinajstić information content (AvgIpc) is 2.85. The van der Waals surface area contributed by atoms with E-state index in [4.69, 9.17) is 9.16 Å². The van der Waals surface area contributed by atoms with Crippen molar-refractivity contribution in [1.29, 1.82) is 0 Å². The molecule has 0 aromatic heterocycles. The number of methoxy groups -OCH3 is 1. The van der Waals surface area contributed by atoms with E-state index in [0.29, 0.717) is 13.0 Å². The lowest BCUT2D eigenvalue weighted by molar-refractivity contribution is -0.134. The summed E-state index contributed by atoms with van der Waals surface area (Å²) in [6, 6.07) is 21.0. The number of carbonyl (C=O) groups is 1. The number of carbonyl (C=O) groups excluding carboxylic acids is 1. The van der Waals surface area contributed by atoms with Gasteiger partial charge in [-0.05, 0) is 61.2 Å². The van der Waals surface area contributed by atoms with E-state index in [1.54, 1.807) is 6.08 Å². The molecule has 0 heterocycles. The zero-order valence-electron chi connectivity index (χ0n) is 23.5. The van der Waals surface area contributed by atoms with Crippen LogP contribution in [0.5, 0.6) is 0 Å². The van der Waals surface area contributed by atoms with Gasteiger partial charge in [-0.15, -0.1) is 0 Å². The zero-order chi connectivity index (χ0) is 27.7. The van der Waals surface area contributed by atoms with E-state index in [9.17, 15) is 9.00 Å². The molecule has 1 N–H and O–H groups in total. The topological polar surface area (TPSA) is 64.6 Å². The van der Waals surface area contributed by atoms with Crippen LogP contribution >= 0.6 is 0 Å². The van der Waals surface area contributed by atoms with Crippen molar-refractivity contribution in [3.63, 3.8) is 0 Å². The van der Waals surface area contributed by atoms with Gasteiger partial charge in [0.2, 0.25) is 0 Å². The van der Waals surface area contributed by atoms with Gasteiger partial charge < -0.3 is 9.16 Å². The molecule has 0 aliphatic heterocycles. The average molecular weight is 542 g/mol. The van der Waals surface area contributed by atoms with Crippen molar-refractivity contribution in [3.8, 4) is 0 Å². The molecule has 37 heavy (non-hydrogen) atoms. The van der Waals surface area contributed by atoms with Gasteiger partial charge in [0, 0.05) is 12.6 Å². The molecular formula is C30H43NO4SSi. The van der Waals surface area contributed by atoms with Crippen molar-refractivity contribution in [2.45, 2.75) is 70.8 Å². The molecular weight excluding hydrogens is 498 g/mol. The summed E-state index contributed by atoms with van der Waals surface area (Å²) in [6.45, 7) is 15.1. The molecule has 0 bridgehead atoms. The van der Waals surface area contributed by atoms with Crippen LogP contribution in [-0.4, -0.2) is 43.0 Å². The number of nitrogens with one attached hydrogen (secondary N) is 1. The lowest BCUT2D eigenvalue weighted by atomic mass is 10.1. The molecule has 2 rings (SSSR count). The minimum atomic E-state index is -2.79. The molecule has 5 nitrogen and oxygen atoms in total. The van der Waals surface area contributed by atoms with Gasteiger partial charge in [0.15, 0.2) is 0 Å². The molecule has 0 amide bonds. The molecule has 0 saturated heterocycles. The first-order chi connectivity index (χ1) is 17.3. The summed E-state index contributed by atoms with van der Waals surface area (Å²) in [5.74, 6) is -0.421. The first-order valence-electron chi connectivity index (χ1n) is 12.7. The Morgan fingerprint density at radius 3 is 1.89 bits per heavy atom. The summed E-state index contributed by atoms with van der Waals surface area (Å²) < 4.78 is 27.2. The van der Waals surface area contributed by atoms with Crippen molar-refractivity contribution in [2.75, 3.05) is 13.7 Å². The molecule has 0 radical (unpaired) electrons. The van der Waals surface area contributed by atoms with Gasteiger partial charge >= 0.3 is 5.97 Å². The zero-order valence-corrected chi connectivity index (χ0v) is 25.4. The third-order valence-electron chi connectivity index (χ3n) is 6.17. The predicted molar refractivity (Wildman–Crippen MR) is 158 cm³/mol. The third kappa shape index (κ3) is 8.33. The van der Waals surface area contributed by atoms with Gasteiger partial charge in [-0.3, -0.25) is 0 Å². The Morgan fingerprint density at radius 2 is 1.46 bits per heavy atom. The number of benzene rings is 2. The minimum Gasteiger partial charge on any atom is -0.466 e. The summed E-state index contributed by atoms with van der Waals surface area (Å²) in [4.78, 5) is 11.9. The van der Waals surface area contributed by atoms with Gasteiger partial charge in [-0.1, -0.05) is 87.5 Å². The SMILES string of the molecule is COC(=O)/C=C/C(=C\CCNS(=O)C(C)(C)C)[C@H](C)O[Si](c1ccccc1)(c1ccccc1)C(C)(C)C. The van der Waals surface area contributed by atoms with E-state index < -0.39 is 25.3 Å². The highest BCUT2D eigenvalue weighted by atomic mass is 32.2. The fourth-order valence-electron chi connectivity index (χ4n) is 4.23. The Labute approximate surface area is 227 Å². The molecule has 2 aromatic carbocycles. The van der Waals surface area contributed by atoms with Crippen LogP contribution in [0.25, 0.3) is 0 Å². The summed E-state index contributed by atoms with van der Waals surface area (Å²) >= 11 is 0. The Kier molecular flexibility index (Phi) is 11.2. The molecule has 0 aliphatic carbocycles. The van der Waals surface area contributed by atoms with Gasteiger partial charge in [-0.25, -0.2) is 13.7 Å². The van der Waals surface area contributed by atoms with Crippen molar-refractivity contribution < 1.29 is 18.2 Å². The van der Waals surface area contributed by atoms with Crippen LogP contribution in [0.4, 0.5) is 0 Å². The minimum absolute atomic E-state index is 0.174. The van der Waals surface area contributed by atoms with Gasteiger partial charge in [-0.2, -0.15) is 0 Å². The largest absolute Gasteiger partial charge is 0.466 e. The van der Waals surface area contributed by atoms with Crippen LogP contribution in [0.2, 0.25) is 5.04 Å². The molecule has 0 fully saturated rings. The number of rotatable bonds is 11. The number of ether oxygens (including phenoxy) is 1. The smallest absolute Gasteiger partial charge is 0.330 e. The lowest BCUT2D eigenvalue weighted by Gasteiger charge is -2.45. The van der Waals surface area contributed by atoms with Gasteiger partial charge in [0.25, 0.3) is 8.32 Å². The van der Waals surface area contributed by atoms with Crippen LogP contribution < -0.4 is 15.1 Å². The maximum atomic E-state index is 12.4. The summed E-state index contributed by atoms with van der Waals surface area (Å²) in [5, 5.41) is 2.21. The van der Waals surface area contributed by atoms with Crippen molar-refractivity contribution in [3.05, 3.63) is 84.5 Å². The molecule has 1 unspecified atom stereocenters. The lowest BCUT2D eigenvalue weighted by Crippen LogP contribution is -2.67. The fraction of sp³-hybridized carbons (Fsp3) is 0.433. The van der Waals surface area contributed by atoms with Crippen LogP contribution in [-0.2, 0) is 24.9 Å². The normalized spacial score (nSPS) is 15.0. The fourth-order valence-corrected chi connectivity index (χ4v) is 9.65. The molecule has 0 aliphatic rings. The monoisotopic (exact) mass is 541 g/mol.